The van der Waals surface area contributed by atoms with E-state index in [0.717, 1.165) is 18.6 Å². The van der Waals surface area contributed by atoms with Crippen LogP contribution in [-0.4, -0.2) is 15.0 Å². The molecule has 0 aromatic carbocycles. The fraction of sp³-hybridized carbons (Fsp3) is 0.765. The van der Waals surface area contributed by atoms with Crippen LogP contribution in [0.3, 0.4) is 0 Å². The highest BCUT2D eigenvalue weighted by molar-refractivity contribution is 6.08. The molecule has 0 atom stereocenters. The van der Waals surface area contributed by atoms with Gasteiger partial charge in [0.25, 0.3) is 0 Å². The molecule has 0 aromatic rings. The zero-order valence-corrected chi connectivity index (χ0v) is 13.0. The van der Waals surface area contributed by atoms with Crippen LogP contribution < -0.4 is 0 Å². The number of rotatable bonds is 11. The van der Waals surface area contributed by atoms with Gasteiger partial charge < -0.3 is 4.74 Å². The van der Waals surface area contributed by atoms with Crippen molar-refractivity contribution in [2.45, 2.75) is 76.9 Å². The second kappa shape index (κ2) is 11.2. The van der Waals surface area contributed by atoms with Gasteiger partial charge in [-0.2, -0.15) is 0 Å². The zero-order valence-electron chi connectivity index (χ0n) is 13.0. The zero-order chi connectivity index (χ0) is 13.8. The van der Waals surface area contributed by atoms with Gasteiger partial charge in [0.05, 0.1) is 12.9 Å². The van der Waals surface area contributed by atoms with E-state index in [4.69, 9.17) is 4.74 Å². The standard InChI is InChI=1S/C17H31BO/c1-19-17-13-10-12-16(15-17)11-8-6-4-2-3-5-7-9-14-18/h12,15H,2-11,13-14,18H2,1H3. The van der Waals surface area contributed by atoms with Crippen LogP contribution in [-0.2, 0) is 4.74 Å². The summed E-state index contributed by atoms with van der Waals surface area (Å²) in [4.78, 5) is 0. The minimum atomic E-state index is 1.08. The molecule has 2 heteroatoms. The second-order valence-corrected chi connectivity index (χ2v) is 5.71. The number of unbranched alkanes of at least 4 members (excludes halogenated alkanes) is 7. The summed E-state index contributed by atoms with van der Waals surface area (Å²) < 4.78 is 5.33. The summed E-state index contributed by atoms with van der Waals surface area (Å²) >= 11 is 0. The summed E-state index contributed by atoms with van der Waals surface area (Å²) in [6.07, 6.45) is 20.8. The first kappa shape index (κ1) is 16.4. The van der Waals surface area contributed by atoms with Crippen molar-refractivity contribution in [3.8, 4) is 0 Å². The first-order valence-electron chi connectivity index (χ1n) is 8.30. The molecule has 0 saturated heterocycles. The summed E-state index contributed by atoms with van der Waals surface area (Å²) in [6, 6.07) is 0. The van der Waals surface area contributed by atoms with Crippen LogP contribution in [0.25, 0.3) is 0 Å². The SMILES string of the molecule is BCCCCCCCCCCC1=CCCC(OC)=C1. The Morgan fingerprint density at radius 3 is 2.26 bits per heavy atom. The molecule has 1 aliphatic carbocycles. The van der Waals surface area contributed by atoms with Crippen molar-refractivity contribution < 1.29 is 4.74 Å². The van der Waals surface area contributed by atoms with E-state index in [9.17, 15) is 0 Å². The van der Waals surface area contributed by atoms with Crippen molar-refractivity contribution in [3.05, 3.63) is 23.5 Å². The third-order valence-electron chi connectivity index (χ3n) is 3.97. The van der Waals surface area contributed by atoms with Crippen molar-refractivity contribution in [2.75, 3.05) is 7.11 Å². The summed E-state index contributed by atoms with van der Waals surface area (Å²) in [5, 5.41) is 0. The largest absolute Gasteiger partial charge is 0.501 e. The van der Waals surface area contributed by atoms with Crippen molar-refractivity contribution in [1.82, 2.24) is 0 Å². The highest BCUT2D eigenvalue weighted by Gasteiger charge is 2.04. The van der Waals surface area contributed by atoms with E-state index in [1.807, 2.05) is 0 Å². The molecule has 0 saturated carbocycles. The predicted molar refractivity (Wildman–Crippen MR) is 87.3 cm³/mol. The number of allylic oxidation sites excluding steroid dienone is 4. The molecular weight excluding hydrogens is 231 g/mol. The highest BCUT2D eigenvalue weighted by Crippen LogP contribution is 2.22. The fourth-order valence-electron chi connectivity index (χ4n) is 2.71. The summed E-state index contributed by atoms with van der Waals surface area (Å²) in [5.41, 5.74) is 1.49. The number of hydrogen-bond acceptors (Lipinski definition) is 1. The van der Waals surface area contributed by atoms with Gasteiger partial charge in [0, 0.05) is 6.42 Å². The Hall–Kier alpha value is -0.655. The molecule has 0 unspecified atom stereocenters. The molecule has 0 amide bonds. The third-order valence-corrected chi connectivity index (χ3v) is 3.97. The Morgan fingerprint density at radius 2 is 1.63 bits per heavy atom. The van der Waals surface area contributed by atoms with E-state index >= 15 is 0 Å². The van der Waals surface area contributed by atoms with E-state index in [0.29, 0.717) is 0 Å². The van der Waals surface area contributed by atoms with E-state index in [1.165, 1.54) is 69.7 Å². The second-order valence-electron chi connectivity index (χ2n) is 5.71. The van der Waals surface area contributed by atoms with Gasteiger partial charge >= 0.3 is 0 Å². The van der Waals surface area contributed by atoms with Crippen LogP contribution in [0, 0.1) is 0 Å². The molecular formula is C17H31BO. The van der Waals surface area contributed by atoms with Crippen LogP contribution in [0.4, 0.5) is 0 Å². The molecule has 19 heavy (non-hydrogen) atoms. The third kappa shape index (κ3) is 8.18. The van der Waals surface area contributed by atoms with E-state index in [1.54, 1.807) is 7.11 Å². The number of methoxy groups -OCH3 is 1. The van der Waals surface area contributed by atoms with Gasteiger partial charge in [0.2, 0.25) is 0 Å². The Bertz CT molecular complexity index is 281. The minimum absolute atomic E-state index is 1.08. The highest BCUT2D eigenvalue weighted by atomic mass is 16.5. The Balaban J connectivity index is 1.93. The number of ether oxygens (including phenoxy) is 1. The van der Waals surface area contributed by atoms with Crippen molar-refractivity contribution >= 4 is 7.85 Å². The summed E-state index contributed by atoms with van der Waals surface area (Å²) in [7, 11) is 4.07. The predicted octanol–water partition coefficient (Wildman–Crippen LogP) is 4.80. The molecule has 108 valence electrons. The van der Waals surface area contributed by atoms with Crippen molar-refractivity contribution in [1.29, 1.82) is 0 Å². The fourth-order valence-corrected chi connectivity index (χ4v) is 2.71. The molecule has 1 rings (SSSR count). The summed E-state index contributed by atoms with van der Waals surface area (Å²) in [6.45, 7) is 0. The Kier molecular flexibility index (Phi) is 9.66. The monoisotopic (exact) mass is 262 g/mol. The molecule has 0 N–H and O–H groups in total. The lowest BCUT2D eigenvalue weighted by Crippen LogP contribution is -1.95. The van der Waals surface area contributed by atoms with Gasteiger partial charge in [0.1, 0.15) is 7.85 Å². The molecule has 0 heterocycles. The molecule has 0 aromatic heterocycles. The van der Waals surface area contributed by atoms with Crippen LogP contribution >= 0.6 is 0 Å². The van der Waals surface area contributed by atoms with Crippen LogP contribution in [0.2, 0.25) is 6.32 Å². The molecule has 1 aliphatic rings. The maximum absolute atomic E-state index is 5.33. The smallest absolute Gasteiger partial charge is 0.101 e. The maximum atomic E-state index is 5.33. The first-order chi connectivity index (χ1) is 9.36. The van der Waals surface area contributed by atoms with Gasteiger partial charge in [-0.15, -0.1) is 0 Å². The summed E-state index contributed by atoms with van der Waals surface area (Å²) in [5.74, 6) is 1.16. The Morgan fingerprint density at radius 1 is 1.00 bits per heavy atom. The number of hydrogen-bond donors (Lipinski definition) is 0. The van der Waals surface area contributed by atoms with Crippen LogP contribution in [0.5, 0.6) is 0 Å². The average Bonchev–Trinajstić information content (AvgIpc) is 2.46. The molecule has 0 bridgehead atoms. The normalized spacial score (nSPS) is 15.0. The minimum Gasteiger partial charge on any atom is -0.501 e. The van der Waals surface area contributed by atoms with Gasteiger partial charge in [-0.3, -0.25) is 0 Å². The van der Waals surface area contributed by atoms with Gasteiger partial charge in [-0.05, 0) is 30.9 Å². The van der Waals surface area contributed by atoms with Crippen molar-refractivity contribution in [2.24, 2.45) is 0 Å². The van der Waals surface area contributed by atoms with Gasteiger partial charge in [0.15, 0.2) is 0 Å². The first-order valence-corrected chi connectivity index (χ1v) is 8.30. The molecule has 0 fully saturated rings. The average molecular weight is 262 g/mol. The topological polar surface area (TPSA) is 9.23 Å². The van der Waals surface area contributed by atoms with E-state index in [2.05, 4.69) is 20.0 Å². The van der Waals surface area contributed by atoms with Crippen LogP contribution in [0.15, 0.2) is 23.5 Å². The van der Waals surface area contributed by atoms with E-state index < -0.39 is 0 Å². The molecule has 0 spiro atoms. The van der Waals surface area contributed by atoms with Crippen molar-refractivity contribution in [3.63, 3.8) is 0 Å². The lowest BCUT2D eigenvalue weighted by atomic mass is 9.97. The molecule has 1 nitrogen and oxygen atoms in total. The lowest BCUT2D eigenvalue weighted by molar-refractivity contribution is 0.275. The van der Waals surface area contributed by atoms with Gasteiger partial charge in [-0.25, -0.2) is 0 Å². The molecule has 0 aliphatic heterocycles. The quantitative estimate of drug-likeness (QED) is 0.384. The van der Waals surface area contributed by atoms with Gasteiger partial charge in [-0.1, -0.05) is 57.3 Å². The Labute approximate surface area is 120 Å². The van der Waals surface area contributed by atoms with Crippen LogP contribution in [0.1, 0.15) is 70.6 Å². The lowest BCUT2D eigenvalue weighted by Gasteiger charge is -2.12. The molecule has 0 radical (unpaired) electrons. The maximum Gasteiger partial charge on any atom is 0.101 e. The van der Waals surface area contributed by atoms with E-state index in [-0.39, 0.29) is 0 Å².